The minimum atomic E-state index is -0.515. The highest BCUT2D eigenvalue weighted by molar-refractivity contribution is 9.10. The fourth-order valence-corrected chi connectivity index (χ4v) is 3.39. The molecule has 0 spiro atoms. The Morgan fingerprint density at radius 3 is 2.48 bits per heavy atom. The molecule has 0 aliphatic carbocycles. The lowest BCUT2D eigenvalue weighted by molar-refractivity contribution is 0.101. The number of nitrogens with zero attached hydrogens (tertiary/aromatic N) is 4. The van der Waals surface area contributed by atoms with E-state index in [0.29, 0.717) is 10.0 Å². The van der Waals surface area contributed by atoms with Gasteiger partial charge in [0.05, 0.1) is 17.6 Å². The van der Waals surface area contributed by atoms with Crippen LogP contribution in [0.3, 0.4) is 0 Å². The summed E-state index contributed by atoms with van der Waals surface area (Å²) in [5.41, 5.74) is 1.14. The molecule has 2 aromatic heterocycles. The van der Waals surface area contributed by atoms with Gasteiger partial charge < -0.3 is 5.32 Å². The SMILES string of the molecule is O=C(Nc1nn(Cc2ccccc2F)cc1Br)c1ccc(=O)n(Cc2ccccc2)n1. The predicted molar refractivity (Wildman–Crippen MR) is 117 cm³/mol. The monoisotopic (exact) mass is 481 g/mol. The summed E-state index contributed by atoms with van der Waals surface area (Å²) in [5.74, 6) is -0.577. The van der Waals surface area contributed by atoms with Crippen LogP contribution in [-0.2, 0) is 13.1 Å². The Bertz CT molecular complexity index is 1290. The van der Waals surface area contributed by atoms with E-state index in [9.17, 15) is 14.0 Å². The molecule has 1 amide bonds. The van der Waals surface area contributed by atoms with Crippen molar-refractivity contribution in [3.05, 3.63) is 110 Å². The Kier molecular flexibility index (Phi) is 6.03. The van der Waals surface area contributed by atoms with E-state index in [4.69, 9.17) is 0 Å². The minimum Gasteiger partial charge on any atom is -0.303 e. The zero-order chi connectivity index (χ0) is 21.8. The summed E-state index contributed by atoms with van der Waals surface area (Å²) in [6.45, 7) is 0.461. The molecule has 0 bridgehead atoms. The Morgan fingerprint density at radius 2 is 1.71 bits per heavy atom. The fraction of sp³-hybridized carbons (Fsp3) is 0.0909. The number of anilines is 1. The normalized spacial score (nSPS) is 10.8. The van der Waals surface area contributed by atoms with E-state index in [-0.39, 0.29) is 36.0 Å². The number of rotatable bonds is 6. The number of amides is 1. The van der Waals surface area contributed by atoms with E-state index in [2.05, 4.69) is 31.4 Å². The largest absolute Gasteiger partial charge is 0.303 e. The van der Waals surface area contributed by atoms with E-state index in [0.717, 1.165) is 5.56 Å². The summed E-state index contributed by atoms with van der Waals surface area (Å²) in [6.07, 6.45) is 1.64. The van der Waals surface area contributed by atoms with Crippen molar-refractivity contribution >= 4 is 27.7 Å². The molecule has 156 valence electrons. The van der Waals surface area contributed by atoms with Gasteiger partial charge in [0, 0.05) is 17.8 Å². The average Bonchev–Trinajstić information content (AvgIpc) is 3.10. The Morgan fingerprint density at radius 1 is 0.968 bits per heavy atom. The smallest absolute Gasteiger partial charge is 0.277 e. The molecule has 0 aliphatic heterocycles. The maximum Gasteiger partial charge on any atom is 0.277 e. The summed E-state index contributed by atoms with van der Waals surface area (Å²) in [4.78, 5) is 24.8. The van der Waals surface area contributed by atoms with E-state index in [1.807, 2.05) is 30.3 Å². The van der Waals surface area contributed by atoms with Crippen molar-refractivity contribution in [1.82, 2.24) is 19.6 Å². The molecule has 0 radical (unpaired) electrons. The predicted octanol–water partition coefficient (Wildman–Crippen LogP) is 3.69. The molecule has 0 aliphatic rings. The first-order chi connectivity index (χ1) is 15.0. The molecule has 7 nitrogen and oxygen atoms in total. The number of carbonyl (C=O) groups excluding carboxylic acids is 1. The van der Waals surface area contributed by atoms with Crippen LogP contribution >= 0.6 is 15.9 Å². The molecule has 31 heavy (non-hydrogen) atoms. The lowest BCUT2D eigenvalue weighted by atomic mass is 10.2. The molecule has 2 aromatic carbocycles. The van der Waals surface area contributed by atoms with Crippen molar-refractivity contribution in [3.8, 4) is 0 Å². The topological polar surface area (TPSA) is 81.8 Å². The lowest BCUT2D eigenvalue weighted by Crippen LogP contribution is -2.26. The van der Waals surface area contributed by atoms with Gasteiger partial charge in [-0.3, -0.25) is 14.3 Å². The fourth-order valence-electron chi connectivity index (χ4n) is 2.98. The van der Waals surface area contributed by atoms with Crippen LogP contribution in [0.15, 0.2) is 82.2 Å². The molecule has 4 aromatic rings. The standard InChI is InChI=1S/C22H17BrFN5O2/c23-17-14-28(13-16-8-4-5-9-18(16)24)27-21(17)25-22(31)19-10-11-20(30)29(26-19)12-15-6-2-1-3-7-15/h1-11,14H,12-13H2,(H,25,27,31). The summed E-state index contributed by atoms with van der Waals surface area (Å²) in [7, 11) is 0. The van der Waals surface area contributed by atoms with Gasteiger partial charge in [0.25, 0.3) is 11.5 Å². The molecular formula is C22H17BrFN5O2. The number of carbonyl (C=O) groups is 1. The molecule has 0 fully saturated rings. The minimum absolute atomic E-state index is 0.0751. The molecule has 9 heteroatoms. The van der Waals surface area contributed by atoms with Crippen LogP contribution in [0.5, 0.6) is 0 Å². The molecule has 0 saturated carbocycles. The highest BCUT2D eigenvalue weighted by Gasteiger charge is 2.15. The van der Waals surface area contributed by atoms with Gasteiger partial charge in [-0.1, -0.05) is 48.5 Å². The number of nitrogens with one attached hydrogen (secondary N) is 1. The van der Waals surface area contributed by atoms with Crippen LogP contribution in [-0.4, -0.2) is 25.5 Å². The van der Waals surface area contributed by atoms with Gasteiger partial charge in [-0.25, -0.2) is 9.07 Å². The van der Waals surface area contributed by atoms with Gasteiger partial charge in [0.15, 0.2) is 5.82 Å². The Hall–Kier alpha value is -3.59. The molecular weight excluding hydrogens is 465 g/mol. The van der Waals surface area contributed by atoms with Crippen molar-refractivity contribution in [2.75, 3.05) is 5.32 Å². The number of aromatic nitrogens is 4. The second kappa shape index (κ2) is 9.05. The third-order valence-corrected chi connectivity index (χ3v) is 5.09. The van der Waals surface area contributed by atoms with E-state index in [1.165, 1.54) is 27.6 Å². The summed E-state index contributed by atoms with van der Waals surface area (Å²) < 4.78 is 17.2. The van der Waals surface area contributed by atoms with E-state index < -0.39 is 5.91 Å². The van der Waals surface area contributed by atoms with Crippen molar-refractivity contribution in [3.63, 3.8) is 0 Å². The average molecular weight is 482 g/mol. The summed E-state index contributed by atoms with van der Waals surface area (Å²) in [5, 5.41) is 11.1. The quantitative estimate of drug-likeness (QED) is 0.455. The van der Waals surface area contributed by atoms with Gasteiger partial charge in [0.1, 0.15) is 11.5 Å². The van der Waals surface area contributed by atoms with Crippen molar-refractivity contribution in [1.29, 1.82) is 0 Å². The first-order valence-electron chi connectivity index (χ1n) is 9.39. The van der Waals surface area contributed by atoms with Gasteiger partial charge in [-0.2, -0.15) is 10.2 Å². The van der Waals surface area contributed by atoms with Crippen molar-refractivity contribution < 1.29 is 9.18 Å². The van der Waals surface area contributed by atoms with Gasteiger partial charge in [-0.05, 0) is 33.6 Å². The third kappa shape index (κ3) is 4.95. The van der Waals surface area contributed by atoms with Crippen molar-refractivity contribution in [2.45, 2.75) is 13.1 Å². The Balaban J connectivity index is 1.51. The Labute approximate surface area is 185 Å². The number of benzene rings is 2. The summed E-state index contributed by atoms with van der Waals surface area (Å²) >= 11 is 3.35. The van der Waals surface area contributed by atoms with Gasteiger partial charge >= 0.3 is 0 Å². The maximum absolute atomic E-state index is 13.9. The number of hydrogen-bond donors (Lipinski definition) is 1. The van der Waals surface area contributed by atoms with Crippen LogP contribution in [0, 0.1) is 5.82 Å². The molecule has 0 saturated heterocycles. The lowest BCUT2D eigenvalue weighted by Gasteiger charge is -2.07. The first-order valence-corrected chi connectivity index (χ1v) is 10.2. The first kappa shape index (κ1) is 20.7. The number of hydrogen-bond acceptors (Lipinski definition) is 4. The van der Waals surface area contributed by atoms with Crippen LogP contribution in [0.2, 0.25) is 0 Å². The molecule has 1 N–H and O–H groups in total. The van der Waals surface area contributed by atoms with E-state index in [1.54, 1.807) is 24.4 Å². The highest BCUT2D eigenvalue weighted by Crippen LogP contribution is 2.21. The van der Waals surface area contributed by atoms with Crippen molar-refractivity contribution in [2.24, 2.45) is 0 Å². The summed E-state index contributed by atoms with van der Waals surface area (Å²) in [6, 6.07) is 18.4. The van der Waals surface area contributed by atoms with Crippen LogP contribution in [0.25, 0.3) is 0 Å². The molecule has 0 atom stereocenters. The molecule has 0 unspecified atom stereocenters. The van der Waals surface area contributed by atoms with Crippen LogP contribution < -0.4 is 10.9 Å². The highest BCUT2D eigenvalue weighted by atomic mass is 79.9. The molecule has 4 rings (SSSR count). The van der Waals surface area contributed by atoms with Gasteiger partial charge in [-0.15, -0.1) is 0 Å². The molecule has 2 heterocycles. The van der Waals surface area contributed by atoms with Crippen LogP contribution in [0.4, 0.5) is 10.2 Å². The van der Waals surface area contributed by atoms with E-state index >= 15 is 0 Å². The maximum atomic E-state index is 13.9. The number of halogens is 2. The van der Waals surface area contributed by atoms with Crippen LogP contribution in [0.1, 0.15) is 21.6 Å². The van der Waals surface area contributed by atoms with Gasteiger partial charge in [0.2, 0.25) is 0 Å². The second-order valence-electron chi connectivity index (χ2n) is 6.77. The zero-order valence-electron chi connectivity index (χ0n) is 16.2. The second-order valence-corrected chi connectivity index (χ2v) is 7.62. The zero-order valence-corrected chi connectivity index (χ0v) is 17.8. The third-order valence-electron chi connectivity index (χ3n) is 4.51.